The van der Waals surface area contributed by atoms with Crippen LogP contribution in [0, 0.1) is 0 Å². The van der Waals surface area contributed by atoms with Crippen molar-refractivity contribution >= 4 is 11.8 Å². The Balaban J connectivity index is 1.46. The van der Waals surface area contributed by atoms with Crippen LogP contribution >= 0.6 is 0 Å². The minimum absolute atomic E-state index is 0.588. The minimum Gasteiger partial charge on any atom is -0.378 e. The molecule has 1 aliphatic carbocycles. The molecule has 128 valence electrons. The van der Waals surface area contributed by atoms with Crippen molar-refractivity contribution in [1.82, 2.24) is 15.1 Å². The summed E-state index contributed by atoms with van der Waals surface area (Å²) in [4.78, 5) is 11.5. The van der Waals surface area contributed by atoms with Crippen molar-refractivity contribution in [2.24, 2.45) is 0 Å². The number of aromatic nitrogens is 3. The van der Waals surface area contributed by atoms with E-state index in [2.05, 4.69) is 38.3 Å². The largest absolute Gasteiger partial charge is 0.378 e. The van der Waals surface area contributed by atoms with E-state index in [0.29, 0.717) is 12.5 Å². The van der Waals surface area contributed by atoms with Crippen LogP contribution in [0.1, 0.15) is 42.8 Å². The van der Waals surface area contributed by atoms with Crippen LogP contribution in [0.5, 0.6) is 0 Å². The van der Waals surface area contributed by atoms with Gasteiger partial charge in [-0.15, -0.1) is 0 Å². The smallest absolute Gasteiger partial charge is 0.227 e. The fourth-order valence-electron chi connectivity index (χ4n) is 2.81. The molecule has 1 N–H and O–H groups in total. The fourth-order valence-corrected chi connectivity index (χ4v) is 2.81. The van der Waals surface area contributed by atoms with Gasteiger partial charge in [-0.3, -0.25) is 0 Å². The van der Waals surface area contributed by atoms with Gasteiger partial charge in [-0.25, -0.2) is 4.98 Å². The highest BCUT2D eigenvalue weighted by Crippen LogP contribution is 2.40. The highest BCUT2D eigenvalue weighted by Gasteiger charge is 2.27. The maximum Gasteiger partial charge on any atom is 0.227 e. The standard InChI is InChI=1S/C17H23N5O2/c1-2-13-10-16(20-17(19-13)22-5-7-23-8-6-22)18-11-14-9-15(24-21-14)12-3-4-12/h9-10,12H,2-8,11H2,1H3,(H,18,19,20). The Morgan fingerprint density at radius 3 is 2.75 bits per heavy atom. The van der Waals surface area contributed by atoms with E-state index >= 15 is 0 Å². The third-order valence-corrected chi connectivity index (χ3v) is 4.43. The molecular weight excluding hydrogens is 306 g/mol. The van der Waals surface area contributed by atoms with Crippen LogP contribution in [0.25, 0.3) is 0 Å². The molecule has 2 fully saturated rings. The zero-order valence-electron chi connectivity index (χ0n) is 14.0. The Labute approximate surface area is 141 Å². The topological polar surface area (TPSA) is 76.3 Å². The number of anilines is 2. The van der Waals surface area contributed by atoms with Gasteiger partial charge in [-0.2, -0.15) is 4.98 Å². The maximum atomic E-state index is 5.41. The summed E-state index contributed by atoms with van der Waals surface area (Å²) in [7, 11) is 0. The predicted octanol–water partition coefficient (Wildman–Crippen LogP) is 2.35. The molecule has 0 bridgehead atoms. The monoisotopic (exact) mass is 329 g/mol. The third kappa shape index (κ3) is 3.51. The number of nitrogens with one attached hydrogen (secondary N) is 1. The average Bonchev–Trinajstić information content (AvgIpc) is 3.39. The van der Waals surface area contributed by atoms with Crippen LogP contribution in [0.2, 0.25) is 0 Å². The van der Waals surface area contributed by atoms with Crippen molar-refractivity contribution in [3.8, 4) is 0 Å². The van der Waals surface area contributed by atoms with Gasteiger partial charge in [0.15, 0.2) is 0 Å². The van der Waals surface area contributed by atoms with Gasteiger partial charge in [0.05, 0.1) is 19.8 Å². The van der Waals surface area contributed by atoms with Crippen LogP contribution in [-0.4, -0.2) is 41.4 Å². The highest BCUT2D eigenvalue weighted by molar-refractivity contribution is 5.44. The van der Waals surface area contributed by atoms with Crippen molar-refractivity contribution in [2.75, 3.05) is 36.5 Å². The van der Waals surface area contributed by atoms with E-state index in [1.807, 2.05) is 6.07 Å². The van der Waals surface area contributed by atoms with E-state index in [4.69, 9.17) is 9.26 Å². The Bertz CT molecular complexity index is 692. The molecule has 0 radical (unpaired) electrons. The Morgan fingerprint density at radius 1 is 1.17 bits per heavy atom. The fraction of sp³-hybridized carbons (Fsp3) is 0.588. The number of rotatable bonds is 6. The molecule has 2 aromatic heterocycles. The lowest BCUT2D eigenvalue weighted by atomic mass is 10.3. The SMILES string of the molecule is CCc1cc(NCc2cc(C3CC3)on2)nc(N2CCOCC2)n1. The van der Waals surface area contributed by atoms with E-state index < -0.39 is 0 Å². The predicted molar refractivity (Wildman–Crippen MR) is 90.2 cm³/mol. The van der Waals surface area contributed by atoms with Gasteiger partial charge < -0.3 is 19.5 Å². The summed E-state index contributed by atoms with van der Waals surface area (Å²) in [5.41, 5.74) is 1.95. The van der Waals surface area contributed by atoms with E-state index in [9.17, 15) is 0 Å². The van der Waals surface area contributed by atoms with Gasteiger partial charge in [0.2, 0.25) is 5.95 Å². The zero-order valence-corrected chi connectivity index (χ0v) is 14.0. The molecule has 1 aliphatic heterocycles. The molecule has 4 rings (SSSR count). The lowest BCUT2D eigenvalue weighted by Gasteiger charge is -2.27. The summed E-state index contributed by atoms with van der Waals surface area (Å²) in [6.07, 6.45) is 3.32. The van der Waals surface area contributed by atoms with Gasteiger partial charge in [-0.1, -0.05) is 12.1 Å². The van der Waals surface area contributed by atoms with Crippen molar-refractivity contribution in [3.05, 3.63) is 29.3 Å². The lowest BCUT2D eigenvalue weighted by Crippen LogP contribution is -2.37. The van der Waals surface area contributed by atoms with Gasteiger partial charge >= 0.3 is 0 Å². The van der Waals surface area contributed by atoms with Crippen LogP contribution in [0.15, 0.2) is 16.7 Å². The quantitative estimate of drug-likeness (QED) is 0.871. The number of morpholine rings is 1. The van der Waals surface area contributed by atoms with Crippen molar-refractivity contribution in [2.45, 2.75) is 38.6 Å². The minimum atomic E-state index is 0.588. The molecule has 1 saturated heterocycles. The molecule has 0 atom stereocenters. The summed E-state index contributed by atoms with van der Waals surface area (Å²) >= 11 is 0. The van der Waals surface area contributed by atoms with Crippen LogP contribution in [0.3, 0.4) is 0 Å². The Morgan fingerprint density at radius 2 is 2.00 bits per heavy atom. The van der Waals surface area contributed by atoms with E-state index in [1.165, 1.54) is 12.8 Å². The zero-order chi connectivity index (χ0) is 16.4. The summed E-state index contributed by atoms with van der Waals surface area (Å²) in [5, 5.41) is 7.50. The van der Waals surface area contributed by atoms with Gasteiger partial charge in [-0.05, 0) is 19.3 Å². The summed E-state index contributed by atoms with van der Waals surface area (Å²) < 4.78 is 10.8. The second-order valence-electron chi connectivity index (χ2n) is 6.35. The van der Waals surface area contributed by atoms with E-state index in [1.54, 1.807) is 0 Å². The van der Waals surface area contributed by atoms with Gasteiger partial charge in [0.1, 0.15) is 17.3 Å². The molecule has 2 aliphatic rings. The molecule has 2 aromatic rings. The van der Waals surface area contributed by atoms with Gasteiger partial charge in [0.25, 0.3) is 0 Å². The molecule has 0 aromatic carbocycles. The lowest BCUT2D eigenvalue weighted by molar-refractivity contribution is 0.122. The average molecular weight is 329 g/mol. The van der Waals surface area contributed by atoms with Crippen LogP contribution in [0.4, 0.5) is 11.8 Å². The summed E-state index contributed by atoms with van der Waals surface area (Å²) in [5.74, 6) is 3.21. The first-order valence-electron chi connectivity index (χ1n) is 8.72. The summed E-state index contributed by atoms with van der Waals surface area (Å²) in [6, 6.07) is 4.06. The van der Waals surface area contributed by atoms with Crippen molar-refractivity contribution in [3.63, 3.8) is 0 Å². The molecule has 0 unspecified atom stereocenters. The molecule has 3 heterocycles. The molecule has 0 spiro atoms. The molecule has 24 heavy (non-hydrogen) atoms. The first-order chi connectivity index (χ1) is 11.8. The molecule has 7 heteroatoms. The molecule has 0 amide bonds. The Kier molecular flexibility index (Phi) is 4.34. The molecule has 1 saturated carbocycles. The van der Waals surface area contributed by atoms with Crippen LogP contribution < -0.4 is 10.2 Å². The normalized spacial score (nSPS) is 18.0. The highest BCUT2D eigenvalue weighted by atomic mass is 16.5. The molecule has 7 nitrogen and oxygen atoms in total. The number of hydrogen-bond donors (Lipinski definition) is 1. The number of aryl methyl sites for hydroxylation is 1. The number of ether oxygens (including phenoxy) is 1. The van der Waals surface area contributed by atoms with Gasteiger partial charge in [0, 0.05) is 36.8 Å². The first-order valence-corrected chi connectivity index (χ1v) is 8.72. The second kappa shape index (κ2) is 6.76. The molecular formula is C17H23N5O2. The summed E-state index contributed by atoms with van der Waals surface area (Å²) in [6.45, 7) is 5.84. The van der Waals surface area contributed by atoms with E-state index in [0.717, 1.165) is 61.6 Å². The first kappa shape index (κ1) is 15.4. The number of nitrogens with zero attached hydrogens (tertiary/aromatic N) is 4. The van der Waals surface area contributed by atoms with Crippen molar-refractivity contribution < 1.29 is 9.26 Å². The van der Waals surface area contributed by atoms with Crippen molar-refractivity contribution in [1.29, 1.82) is 0 Å². The maximum absolute atomic E-state index is 5.41. The number of hydrogen-bond acceptors (Lipinski definition) is 7. The Hall–Kier alpha value is -2.15. The van der Waals surface area contributed by atoms with Crippen LogP contribution in [-0.2, 0) is 17.7 Å². The van der Waals surface area contributed by atoms with E-state index in [-0.39, 0.29) is 0 Å². The second-order valence-corrected chi connectivity index (χ2v) is 6.35. The third-order valence-electron chi connectivity index (χ3n) is 4.43.